The summed E-state index contributed by atoms with van der Waals surface area (Å²) in [5.74, 6) is 2.15. The number of unbranched alkanes of at least 4 members (excludes halogenated alkanes) is 3. The Morgan fingerprint density at radius 3 is 2.82 bits per heavy atom. The number of pyridine rings is 1. The first-order valence-corrected chi connectivity index (χ1v) is 8.06. The zero-order chi connectivity index (χ0) is 12.5. The highest BCUT2D eigenvalue weighted by Crippen LogP contribution is 2.21. The van der Waals surface area contributed by atoms with Gasteiger partial charge >= 0.3 is 0 Å². The molecular weight excluding hydrogens is 298 g/mol. The monoisotopic (exact) mass is 317 g/mol. The minimum atomic E-state index is 0.680. The van der Waals surface area contributed by atoms with Crippen LogP contribution in [0.1, 0.15) is 25.7 Å². The van der Waals surface area contributed by atoms with Crippen molar-refractivity contribution < 1.29 is 0 Å². The van der Waals surface area contributed by atoms with E-state index in [-0.39, 0.29) is 0 Å². The predicted octanol–water partition coefficient (Wildman–Crippen LogP) is 3.76. The number of nitrogens with zero attached hydrogens (tertiary/aromatic N) is 1. The molecule has 0 fully saturated rings. The normalized spacial score (nSPS) is 10.5. The van der Waals surface area contributed by atoms with E-state index in [1.54, 1.807) is 6.20 Å². The van der Waals surface area contributed by atoms with Gasteiger partial charge in [-0.2, -0.15) is 11.8 Å². The standard InChI is InChI=1S/C12H20BrN3S/c1-17-7-5-3-2-4-6-15-12-11(13)8-10(14)9-16-12/h8-9H,2-7,14H2,1H3,(H,15,16). The fourth-order valence-corrected chi connectivity index (χ4v) is 2.51. The Bertz CT molecular complexity index is 334. The highest BCUT2D eigenvalue weighted by atomic mass is 79.9. The zero-order valence-electron chi connectivity index (χ0n) is 10.2. The van der Waals surface area contributed by atoms with Gasteiger partial charge in [0, 0.05) is 6.54 Å². The van der Waals surface area contributed by atoms with E-state index in [0.717, 1.165) is 16.8 Å². The van der Waals surface area contributed by atoms with E-state index >= 15 is 0 Å². The van der Waals surface area contributed by atoms with Crippen LogP contribution in [0.2, 0.25) is 0 Å². The number of rotatable bonds is 8. The van der Waals surface area contributed by atoms with E-state index in [2.05, 4.69) is 32.5 Å². The molecule has 0 aliphatic carbocycles. The summed E-state index contributed by atoms with van der Waals surface area (Å²) in [5, 5.41) is 3.31. The molecule has 0 bridgehead atoms. The number of nitrogens with one attached hydrogen (secondary N) is 1. The van der Waals surface area contributed by atoms with Crippen molar-refractivity contribution in [2.45, 2.75) is 25.7 Å². The largest absolute Gasteiger partial charge is 0.397 e. The van der Waals surface area contributed by atoms with Crippen molar-refractivity contribution in [3.63, 3.8) is 0 Å². The molecule has 3 nitrogen and oxygen atoms in total. The van der Waals surface area contributed by atoms with Crippen molar-refractivity contribution in [2.75, 3.05) is 29.6 Å². The molecule has 1 aromatic rings. The van der Waals surface area contributed by atoms with Gasteiger partial charge in [0.1, 0.15) is 5.82 Å². The Morgan fingerprint density at radius 1 is 1.35 bits per heavy atom. The summed E-state index contributed by atoms with van der Waals surface area (Å²) >= 11 is 5.36. The van der Waals surface area contributed by atoms with Crippen molar-refractivity contribution in [3.8, 4) is 0 Å². The lowest BCUT2D eigenvalue weighted by atomic mass is 10.2. The van der Waals surface area contributed by atoms with Crippen LogP contribution in [0.15, 0.2) is 16.7 Å². The minimum Gasteiger partial charge on any atom is -0.397 e. The smallest absolute Gasteiger partial charge is 0.140 e. The van der Waals surface area contributed by atoms with Crippen molar-refractivity contribution in [1.82, 2.24) is 4.98 Å². The van der Waals surface area contributed by atoms with Gasteiger partial charge in [0.2, 0.25) is 0 Å². The number of halogens is 1. The lowest BCUT2D eigenvalue weighted by molar-refractivity contribution is 0.688. The van der Waals surface area contributed by atoms with Crippen LogP contribution in [-0.2, 0) is 0 Å². The highest BCUT2D eigenvalue weighted by Gasteiger charge is 2.00. The average molecular weight is 318 g/mol. The summed E-state index contributed by atoms with van der Waals surface area (Å²) in [6.07, 6.45) is 8.94. The molecule has 0 atom stereocenters. The molecular formula is C12H20BrN3S. The van der Waals surface area contributed by atoms with Crippen LogP contribution in [-0.4, -0.2) is 23.5 Å². The third-order valence-electron chi connectivity index (χ3n) is 2.43. The summed E-state index contributed by atoms with van der Waals surface area (Å²) in [4.78, 5) is 4.24. The third kappa shape index (κ3) is 6.17. The van der Waals surface area contributed by atoms with Gasteiger partial charge in [-0.3, -0.25) is 0 Å². The molecule has 0 spiro atoms. The molecule has 0 saturated heterocycles. The molecule has 0 unspecified atom stereocenters. The fourth-order valence-electron chi connectivity index (χ4n) is 1.51. The van der Waals surface area contributed by atoms with Crippen molar-refractivity contribution in [3.05, 3.63) is 16.7 Å². The van der Waals surface area contributed by atoms with E-state index < -0.39 is 0 Å². The molecule has 0 amide bonds. The summed E-state index contributed by atoms with van der Waals surface area (Å²) in [5.41, 5.74) is 6.31. The topological polar surface area (TPSA) is 50.9 Å². The second-order valence-corrected chi connectivity index (χ2v) is 5.77. The van der Waals surface area contributed by atoms with Gasteiger partial charge in [0.25, 0.3) is 0 Å². The number of thioether (sulfide) groups is 1. The van der Waals surface area contributed by atoms with Crippen LogP contribution in [0.4, 0.5) is 11.5 Å². The van der Waals surface area contributed by atoms with Crippen LogP contribution in [0.25, 0.3) is 0 Å². The van der Waals surface area contributed by atoms with Gasteiger partial charge in [0.15, 0.2) is 0 Å². The van der Waals surface area contributed by atoms with Crippen molar-refractivity contribution in [2.24, 2.45) is 0 Å². The van der Waals surface area contributed by atoms with Gasteiger partial charge in [-0.05, 0) is 46.8 Å². The third-order valence-corrected chi connectivity index (χ3v) is 3.73. The average Bonchev–Trinajstić information content (AvgIpc) is 2.30. The summed E-state index contributed by atoms with van der Waals surface area (Å²) < 4.78 is 0.930. The molecule has 1 heterocycles. The number of aromatic nitrogens is 1. The van der Waals surface area contributed by atoms with E-state index in [9.17, 15) is 0 Å². The second kappa shape index (κ2) is 8.64. The van der Waals surface area contributed by atoms with E-state index in [1.807, 2.05) is 17.8 Å². The maximum absolute atomic E-state index is 5.63. The zero-order valence-corrected chi connectivity index (χ0v) is 12.6. The van der Waals surface area contributed by atoms with Crippen molar-refractivity contribution >= 4 is 39.2 Å². The first-order chi connectivity index (χ1) is 8.24. The van der Waals surface area contributed by atoms with Gasteiger partial charge < -0.3 is 11.1 Å². The molecule has 17 heavy (non-hydrogen) atoms. The molecule has 1 aromatic heterocycles. The lowest BCUT2D eigenvalue weighted by Crippen LogP contribution is -2.04. The Labute approximate surface area is 116 Å². The Kier molecular flexibility index (Phi) is 7.44. The fraction of sp³-hybridized carbons (Fsp3) is 0.583. The number of nitrogen functional groups attached to an aromatic ring is 1. The van der Waals surface area contributed by atoms with Crippen LogP contribution in [0.5, 0.6) is 0 Å². The SMILES string of the molecule is CSCCCCCCNc1ncc(N)cc1Br. The van der Waals surface area contributed by atoms with E-state index in [4.69, 9.17) is 5.73 Å². The van der Waals surface area contributed by atoms with E-state index in [0.29, 0.717) is 5.69 Å². The van der Waals surface area contributed by atoms with Crippen LogP contribution in [0.3, 0.4) is 0 Å². The Morgan fingerprint density at radius 2 is 2.12 bits per heavy atom. The molecule has 1 rings (SSSR count). The molecule has 0 saturated carbocycles. The van der Waals surface area contributed by atoms with E-state index in [1.165, 1.54) is 31.4 Å². The molecule has 5 heteroatoms. The Hall–Kier alpha value is -0.420. The summed E-state index contributed by atoms with van der Waals surface area (Å²) in [7, 11) is 0. The maximum atomic E-state index is 5.63. The summed E-state index contributed by atoms with van der Waals surface area (Å²) in [6.45, 7) is 0.967. The summed E-state index contributed by atoms with van der Waals surface area (Å²) in [6, 6.07) is 1.87. The van der Waals surface area contributed by atoms with Crippen LogP contribution < -0.4 is 11.1 Å². The van der Waals surface area contributed by atoms with Gasteiger partial charge in [-0.1, -0.05) is 12.8 Å². The first kappa shape index (κ1) is 14.6. The molecule has 0 radical (unpaired) electrons. The first-order valence-electron chi connectivity index (χ1n) is 5.88. The molecule has 0 aliphatic rings. The minimum absolute atomic E-state index is 0.680. The lowest BCUT2D eigenvalue weighted by Gasteiger charge is -2.07. The van der Waals surface area contributed by atoms with Crippen LogP contribution >= 0.6 is 27.7 Å². The van der Waals surface area contributed by atoms with Gasteiger partial charge in [-0.15, -0.1) is 0 Å². The van der Waals surface area contributed by atoms with Crippen LogP contribution in [0, 0.1) is 0 Å². The number of nitrogens with two attached hydrogens (primary N) is 1. The predicted molar refractivity (Wildman–Crippen MR) is 81.7 cm³/mol. The number of anilines is 2. The van der Waals surface area contributed by atoms with Gasteiger partial charge in [-0.25, -0.2) is 4.98 Å². The highest BCUT2D eigenvalue weighted by molar-refractivity contribution is 9.10. The maximum Gasteiger partial charge on any atom is 0.140 e. The molecule has 0 aromatic carbocycles. The van der Waals surface area contributed by atoms with Gasteiger partial charge in [0.05, 0.1) is 16.4 Å². The molecule has 0 aliphatic heterocycles. The quantitative estimate of drug-likeness (QED) is 0.717. The number of hydrogen-bond acceptors (Lipinski definition) is 4. The number of hydrogen-bond donors (Lipinski definition) is 2. The molecule has 96 valence electrons. The Balaban J connectivity index is 2.14. The van der Waals surface area contributed by atoms with Crippen molar-refractivity contribution in [1.29, 1.82) is 0 Å². The molecule has 3 N–H and O–H groups in total. The second-order valence-electron chi connectivity index (χ2n) is 3.93.